The molecular formula is C12H15NO5S. The van der Waals surface area contributed by atoms with Crippen molar-refractivity contribution in [2.24, 2.45) is 5.73 Å². The number of carbonyl (C=O) groups excluding carboxylic acids is 1. The molecule has 3 N–H and O–H groups in total. The fraction of sp³-hybridized carbons (Fsp3) is 0.333. The minimum atomic E-state index is -3.57. The van der Waals surface area contributed by atoms with Gasteiger partial charge in [-0.15, -0.1) is 0 Å². The zero-order valence-corrected chi connectivity index (χ0v) is 11.2. The van der Waals surface area contributed by atoms with E-state index < -0.39 is 33.4 Å². The fourth-order valence-electron chi connectivity index (χ4n) is 1.57. The van der Waals surface area contributed by atoms with E-state index in [0.717, 1.165) is 0 Å². The van der Waals surface area contributed by atoms with Gasteiger partial charge in [0.25, 0.3) is 0 Å². The molecule has 0 saturated carbocycles. The van der Waals surface area contributed by atoms with Crippen LogP contribution < -0.4 is 5.73 Å². The number of sulfone groups is 1. The van der Waals surface area contributed by atoms with Crippen LogP contribution in [0.15, 0.2) is 24.3 Å². The smallest absolute Gasteiger partial charge is 0.310 e. The van der Waals surface area contributed by atoms with E-state index in [4.69, 9.17) is 10.8 Å². The van der Waals surface area contributed by atoms with E-state index in [1.807, 2.05) is 0 Å². The number of amides is 1. The molecule has 6 nitrogen and oxygen atoms in total. The summed E-state index contributed by atoms with van der Waals surface area (Å²) in [7, 11) is -3.57. The first-order chi connectivity index (χ1) is 8.71. The first-order valence-electron chi connectivity index (χ1n) is 5.51. The molecular weight excluding hydrogens is 270 g/mol. The molecule has 0 heterocycles. The molecule has 0 radical (unpaired) electrons. The molecule has 0 aromatic heterocycles. The summed E-state index contributed by atoms with van der Waals surface area (Å²) in [6, 6.07) is 6.20. The Bertz CT molecular complexity index is 577. The highest BCUT2D eigenvalue weighted by Crippen LogP contribution is 2.17. The molecule has 0 aliphatic heterocycles. The second-order valence-corrected chi connectivity index (χ2v) is 6.36. The zero-order chi connectivity index (χ0) is 14.6. The Balaban J connectivity index is 2.83. The first kappa shape index (κ1) is 15.2. The molecule has 104 valence electrons. The Hall–Kier alpha value is -1.89. The average molecular weight is 285 g/mol. The highest BCUT2D eigenvalue weighted by Gasteiger charge is 2.17. The van der Waals surface area contributed by atoms with Gasteiger partial charge in [-0.1, -0.05) is 24.3 Å². The quantitative estimate of drug-likeness (QED) is 0.778. The maximum atomic E-state index is 11.5. The Labute approximate surface area is 111 Å². The first-order valence-corrected chi connectivity index (χ1v) is 7.34. The third-order valence-electron chi connectivity index (χ3n) is 2.60. The van der Waals surface area contributed by atoms with Crippen LogP contribution in [0, 0.1) is 0 Å². The second-order valence-electron chi connectivity index (χ2n) is 4.30. The summed E-state index contributed by atoms with van der Waals surface area (Å²) in [5.41, 5.74) is 5.92. The number of carboxylic acid groups (broad SMARTS) is 1. The summed E-state index contributed by atoms with van der Waals surface area (Å²) in [5.74, 6) is -3.49. The van der Waals surface area contributed by atoms with Crippen LogP contribution in [0.2, 0.25) is 0 Å². The molecule has 1 amide bonds. The molecule has 1 aromatic rings. The number of nitrogens with two attached hydrogens (primary N) is 1. The van der Waals surface area contributed by atoms with Gasteiger partial charge in [0.2, 0.25) is 5.91 Å². The summed E-state index contributed by atoms with van der Waals surface area (Å²) in [6.07, 6.45) is 0. The van der Waals surface area contributed by atoms with Crippen molar-refractivity contribution in [2.45, 2.75) is 18.6 Å². The highest BCUT2D eigenvalue weighted by molar-refractivity contribution is 7.91. The molecule has 1 rings (SSSR count). The third kappa shape index (κ3) is 4.70. The minimum Gasteiger partial charge on any atom is -0.481 e. The molecule has 1 aromatic carbocycles. The SMILES string of the molecule is CC(C(=O)O)c1ccc(CS(=O)(=O)CC(N)=O)cc1. The number of hydrogen-bond donors (Lipinski definition) is 2. The van der Waals surface area contributed by atoms with Crippen LogP contribution >= 0.6 is 0 Å². The van der Waals surface area contributed by atoms with Crippen molar-refractivity contribution in [3.8, 4) is 0 Å². The number of carboxylic acids is 1. The lowest BCUT2D eigenvalue weighted by molar-refractivity contribution is -0.138. The van der Waals surface area contributed by atoms with Crippen LogP contribution in [0.3, 0.4) is 0 Å². The summed E-state index contributed by atoms with van der Waals surface area (Å²) in [5, 5.41) is 8.84. The van der Waals surface area contributed by atoms with Crippen molar-refractivity contribution in [3.05, 3.63) is 35.4 Å². The predicted octanol–water partition coefficient (Wildman–Crippen LogP) is 0.275. The van der Waals surface area contributed by atoms with E-state index in [1.54, 1.807) is 19.1 Å². The average Bonchev–Trinajstić information content (AvgIpc) is 2.26. The molecule has 1 unspecified atom stereocenters. The van der Waals surface area contributed by atoms with Gasteiger partial charge < -0.3 is 10.8 Å². The summed E-state index contributed by atoms with van der Waals surface area (Å²) < 4.78 is 23.1. The molecule has 0 bridgehead atoms. The van der Waals surface area contributed by atoms with Gasteiger partial charge in [0.1, 0.15) is 5.75 Å². The van der Waals surface area contributed by atoms with Crippen LogP contribution in [-0.4, -0.2) is 31.2 Å². The summed E-state index contributed by atoms with van der Waals surface area (Å²) in [6.45, 7) is 1.54. The van der Waals surface area contributed by atoms with Crippen molar-refractivity contribution >= 4 is 21.7 Å². The fourth-order valence-corrected chi connectivity index (χ4v) is 2.80. The van der Waals surface area contributed by atoms with Crippen LogP contribution in [0.25, 0.3) is 0 Å². The maximum absolute atomic E-state index is 11.5. The van der Waals surface area contributed by atoms with Crippen molar-refractivity contribution in [3.63, 3.8) is 0 Å². The van der Waals surface area contributed by atoms with E-state index >= 15 is 0 Å². The van der Waals surface area contributed by atoms with Gasteiger partial charge >= 0.3 is 5.97 Å². The lowest BCUT2D eigenvalue weighted by atomic mass is 10.0. The third-order valence-corrected chi connectivity index (χ3v) is 4.10. The van der Waals surface area contributed by atoms with E-state index in [2.05, 4.69) is 0 Å². The van der Waals surface area contributed by atoms with Crippen molar-refractivity contribution in [2.75, 3.05) is 5.75 Å². The monoisotopic (exact) mass is 285 g/mol. The number of carbonyl (C=O) groups is 2. The van der Waals surface area contributed by atoms with Gasteiger partial charge in [-0.3, -0.25) is 9.59 Å². The Kier molecular flexibility index (Phi) is 4.66. The summed E-state index contributed by atoms with van der Waals surface area (Å²) >= 11 is 0. The molecule has 0 saturated heterocycles. The zero-order valence-electron chi connectivity index (χ0n) is 10.4. The Morgan fingerprint density at radius 2 is 1.79 bits per heavy atom. The standard InChI is InChI=1S/C12H15NO5S/c1-8(12(15)16)10-4-2-9(3-5-10)6-19(17,18)7-11(13)14/h2-5,8H,6-7H2,1H3,(H2,13,14)(H,15,16). The van der Waals surface area contributed by atoms with Crippen LogP contribution in [0.5, 0.6) is 0 Å². The lowest BCUT2D eigenvalue weighted by Gasteiger charge is -2.08. The molecule has 7 heteroatoms. The largest absolute Gasteiger partial charge is 0.481 e. The Morgan fingerprint density at radius 3 is 2.21 bits per heavy atom. The lowest BCUT2D eigenvalue weighted by Crippen LogP contribution is -2.24. The number of rotatable bonds is 6. The highest BCUT2D eigenvalue weighted by atomic mass is 32.2. The van der Waals surface area contributed by atoms with Gasteiger partial charge in [-0.25, -0.2) is 8.42 Å². The summed E-state index contributed by atoms with van der Waals surface area (Å²) in [4.78, 5) is 21.4. The van der Waals surface area contributed by atoms with Crippen LogP contribution in [0.1, 0.15) is 24.0 Å². The number of hydrogen-bond acceptors (Lipinski definition) is 4. The number of benzene rings is 1. The molecule has 0 aliphatic carbocycles. The van der Waals surface area contributed by atoms with Gasteiger partial charge in [0.15, 0.2) is 9.84 Å². The molecule has 0 fully saturated rings. The maximum Gasteiger partial charge on any atom is 0.310 e. The predicted molar refractivity (Wildman–Crippen MR) is 69.2 cm³/mol. The van der Waals surface area contributed by atoms with Crippen LogP contribution in [-0.2, 0) is 25.2 Å². The Morgan fingerprint density at radius 1 is 1.26 bits per heavy atom. The molecule has 1 atom stereocenters. The van der Waals surface area contributed by atoms with Crippen molar-refractivity contribution in [1.82, 2.24) is 0 Å². The van der Waals surface area contributed by atoms with Crippen LogP contribution in [0.4, 0.5) is 0 Å². The minimum absolute atomic E-state index is 0.294. The van der Waals surface area contributed by atoms with Gasteiger partial charge in [-0.05, 0) is 18.1 Å². The van der Waals surface area contributed by atoms with E-state index in [-0.39, 0.29) is 5.75 Å². The van der Waals surface area contributed by atoms with Gasteiger partial charge in [0.05, 0.1) is 11.7 Å². The van der Waals surface area contributed by atoms with E-state index in [9.17, 15) is 18.0 Å². The number of aliphatic carboxylic acids is 1. The molecule has 19 heavy (non-hydrogen) atoms. The number of primary amides is 1. The topological polar surface area (TPSA) is 115 Å². The van der Waals surface area contributed by atoms with Crippen molar-refractivity contribution < 1.29 is 23.1 Å². The van der Waals surface area contributed by atoms with Crippen molar-refractivity contribution in [1.29, 1.82) is 0 Å². The van der Waals surface area contributed by atoms with Gasteiger partial charge in [0, 0.05) is 0 Å². The van der Waals surface area contributed by atoms with Gasteiger partial charge in [-0.2, -0.15) is 0 Å². The second kappa shape index (κ2) is 5.83. The molecule has 0 spiro atoms. The normalized spacial score (nSPS) is 12.9. The van der Waals surface area contributed by atoms with E-state index in [0.29, 0.717) is 11.1 Å². The molecule has 0 aliphatic rings. The van der Waals surface area contributed by atoms with E-state index in [1.165, 1.54) is 12.1 Å².